The van der Waals surface area contributed by atoms with Gasteiger partial charge in [-0.3, -0.25) is 15.0 Å². The molecule has 0 saturated carbocycles. The molecule has 1 aliphatic rings. The van der Waals surface area contributed by atoms with Crippen LogP contribution in [0.5, 0.6) is 0 Å². The first kappa shape index (κ1) is 18.0. The molecule has 7 heteroatoms. The van der Waals surface area contributed by atoms with Gasteiger partial charge in [0.2, 0.25) is 0 Å². The summed E-state index contributed by atoms with van der Waals surface area (Å²) in [6.45, 7) is 3.34. The molecule has 2 aromatic rings. The zero-order valence-electron chi connectivity index (χ0n) is 14.7. The minimum absolute atomic E-state index is 0.162. The summed E-state index contributed by atoms with van der Waals surface area (Å²) in [6, 6.07) is 5.31. The second-order valence-electron chi connectivity index (χ2n) is 6.07. The summed E-state index contributed by atoms with van der Waals surface area (Å²) < 4.78 is 19.5. The highest BCUT2D eigenvalue weighted by Crippen LogP contribution is 2.20. The second kappa shape index (κ2) is 8.53. The molecule has 3 rings (SSSR count). The van der Waals surface area contributed by atoms with Crippen molar-refractivity contribution in [2.45, 2.75) is 25.8 Å². The third-order valence-corrected chi connectivity index (χ3v) is 3.96. The van der Waals surface area contributed by atoms with Gasteiger partial charge in [0, 0.05) is 35.9 Å². The zero-order chi connectivity index (χ0) is 18.4. The molecule has 6 nitrogen and oxygen atoms in total. The Kier molecular flexibility index (Phi) is 5.91. The molecular formula is C19H22FN5O. The van der Waals surface area contributed by atoms with E-state index >= 15 is 0 Å². The number of nitrogens with one attached hydrogen (secondary N) is 1. The Hall–Kier alpha value is -2.80. The van der Waals surface area contributed by atoms with Gasteiger partial charge < -0.3 is 15.8 Å². The Morgan fingerprint density at radius 3 is 2.92 bits per heavy atom. The maximum Gasteiger partial charge on any atom is 0.151 e. The molecule has 26 heavy (non-hydrogen) atoms. The van der Waals surface area contributed by atoms with Crippen molar-refractivity contribution in [1.29, 1.82) is 0 Å². The van der Waals surface area contributed by atoms with Gasteiger partial charge in [-0.2, -0.15) is 0 Å². The van der Waals surface area contributed by atoms with Gasteiger partial charge in [0.15, 0.2) is 5.82 Å². The number of aryl methyl sites for hydroxylation is 1. The lowest BCUT2D eigenvalue weighted by Crippen LogP contribution is -2.40. The molecule has 3 heterocycles. The maximum absolute atomic E-state index is 14.4. The van der Waals surface area contributed by atoms with Gasteiger partial charge in [-0.25, -0.2) is 4.39 Å². The van der Waals surface area contributed by atoms with E-state index in [2.05, 4.69) is 27.2 Å². The van der Waals surface area contributed by atoms with Gasteiger partial charge in [0.1, 0.15) is 5.69 Å². The number of nitrogens with zero attached hydrogens (tertiary/aromatic N) is 3. The first-order valence-electron chi connectivity index (χ1n) is 8.60. The summed E-state index contributed by atoms with van der Waals surface area (Å²) in [6.07, 6.45) is 8.02. The molecule has 3 N–H and O–H groups in total. The van der Waals surface area contributed by atoms with Crippen LogP contribution in [-0.2, 0) is 11.2 Å². The highest BCUT2D eigenvalue weighted by Gasteiger charge is 2.18. The molecule has 0 radical (unpaired) electrons. The van der Waals surface area contributed by atoms with Crippen molar-refractivity contribution in [3.8, 4) is 0 Å². The fraction of sp³-hybridized carbons (Fsp3) is 0.316. The molecule has 0 unspecified atom stereocenters. The van der Waals surface area contributed by atoms with Crippen molar-refractivity contribution in [3.05, 3.63) is 54.0 Å². The number of nitrogens with two attached hydrogens (primary N) is 1. The van der Waals surface area contributed by atoms with E-state index in [4.69, 9.17) is 10.5 Å². The molecule has 1 saturated heterocycles. The summed E-state index contributed by atoms with van der Waals surface area (Å²) in [7, 11) is 0. The molecule has 2 aromatic heterocycles. The standard InChI is InChI=1S/C19H22FN5O/c1-2-3-14-6-15(4-5-22-14)23-9-13(8-21)19-18(20)7-16(10-24-19)25-17-11-26-12-17/h4-10,17,25H,2-3,11-12,21H2,1H3. The normalized spacial score (nSPS) is 15.2. The largest absolute Gasteiger partial charge is 0.404 e. The minimum Gasteiger partial charge on any atom is -0.404 e. The Bertz CT molecular complexity index is 817. The second-order valence-corrected chi connectivity index (χ2v) is 6.07. The third-order valence-electron chi connectivity index (χ3n) is 3.96. The van der Waals surface area contributed by atoms with E-state index in [1.54, 1.807) is 18.5 Å². The van der Waals surface area contributed by atoms with Crippen LogP contribution in [0.3, 0.4) is 0 Å². The Labute approximate surface area is 152 Å². The van der Waals surface area contributed by atoms with Crippen molar-refractivity contribution in [1.82, 2.24) is 9.97 Å². The van der Waals surface area contributed by atoms with Crippen LogP contribution in [0.2, 0.25) is 0 Å². The lowest BCUT2D eigenvalue weighted by atomic mass is 10.1. The number of allylic oxidation sites excluding steroid dienone is 1. The number of hydrogen-bond donors (Lipinski definition) is 2. The van der Waals surface area contributed by atoms with Crippen LogP contribution in [0, 0.1) is 5.82 Å². The van der Waals surface area contributed by atoms with Gasteiger partial charge in [-0.15, -0.1) is 0 Å². The van der Waals surface area contributed by atoms with E-state index in [1.165, 1.54) is 18.5 Å². The molecule has 0 aromatic carbocycles. The predicted molar refractivity (Wildman–Crippen MR) is 101 cm³/mol. The summed E-state index contributed by atoms with van der Waals surface area (Å²) >= 11 is 0. The SMILES string of the molecule is CCCc1cc(N=CC(=CN)c2ncc(NC3COC3)cc2F)ccn1. The Morgan fingerprint density at radius 2 is 2.27 bits per heavy atom. The van der Waals surface area contributed by atoms with E-state index in [0.29, 0.717) is 24.5 Å². The number of halogens is 1. The molecule has 0 aliphatic carbocycles. The first-order chi connectivity index (χ1) is 12.7. The van der Waals surface area contributed by atoms with Crippen LogP contribution in [-0.4, -0.2) is 35.4 Å². The van der Waals surface area contributed by atoms with Gasteiger partial charge in [-0.05, 0) is 18.6 Å². The fourth-order valence-corrected chi connectivity index (χ4v) is 2.55. The molecule has 1 aliphatic heterocycles. The highest BCUT2D eigenvalue weighted by molar-refractivity contribution is 6.09. The maximum atomic E-state index is 14.4. The average Bonchev–Trinajstić information content (AvgIpc) is 2.61. The van der Waals surface area contributed by atoms with E-state index in [9.17, 15) is 4.39 Å². The van der Waals surface area contributed by atoms with Crippen molar-refractivity contribution in [2.75, 3.05) is 18.5 Å². The van der Waals surface area contributed by atoms with Crippen LogP contribution in [0.1, 0.15) is 24.7 Å². The van der Waals surface area contributed by atoms with Crippen LogP contribution in [0.25, 0.3) is 5.57 Å². The lowest BCUT2D eigenvalue weighted by Gasteiger charge is -2.27. The van der Waals surface area contributed by atoms with Crippen molar-refractivity contribution >= 4 is 23.2 Å². The third kappa shape index (κ3) is 4.43. The number of hydrogen-bond acceptors (Lipinski definition) is 6. The minimum atomic E-state index is -0.459. The van der Waals surface area contributed by atoms with Crippen molar-refractivity contribution in [3.63, 3.8) is 0 Å². The van der Waals surface area contributed by atoms with Gasteiger partial charge in [0.25, 0.3) is 0 Å². The van der Waals surface area contributed by atoms with Crippen LogP contribution in [0.4, 0.5) is 15.8 Å². The van der Waals surface area contributed by atoms with Crippen LogP contribution in [0.15, 0.2) is 41.8 Å². The monoisotopic (exact) mass is 355 g/mol. The molecule has 0 bridgehead atoms. The Balaban J connectivity index is 1.75. The smallest absolute Gasteiger partial charge is 0.151 e. The zero-order valence-corrected chi connectivity index (χ0v) is 14.7. The molecule has 0 spiro atoms. The van der Waals surface area contributed by atoms with E-state index in [1.807, 2.05) is 6.07 Å². The number of rotatable bonds is 7. The summed E-state index contributed by atoms with van der Waals surface area (Å²) in [5, 5.41) is 3.16. The number of aromatic nitrogens is 2. The summed E-state index contributed by atoms with van der Waals surface area (Å²) in [5.41, 5.74) is 8.57. The van der Waals surface area contributed by atoms with Gasteiger partial charge >= 0.3 is 0 Å². The topological polar surface area (TPSA) is 85.4 Å². The van der Waals surface area contributed by atoms with Gasteiger partial charge in [-0.1, -0.05) is 13.3 Å². The van der Waals surface area contributed by atoms with E-state index in [0.717, 1.165) is 24.2 Å². The number of anilines is 1. The average molecular weight is 355 g/mol. The number of aliphatic imine (C=N–C) groups is 1. The number of ether oxygens (including phenoxy) is 1. The highest BCUT2D eigenvalue weighted by atomic mass is 19.1. The molecule has 1 fully saturated rings. The van der Waals surface area contributed by atoms with Crippen LogP contribution >= 0.6 is 0 Å². The lowest BCUT2D eigenvalue weighted by molar-refractivity contribution is 0.0211. The van der Waals surface area contributed by atoms with Crippen LogP contribution < -0.4 is 11.1 Å². The fourth-order valence-electron chi connectivity index (χ4n) is 2.55. The predicted octanol–water partition coefficient (Wildman–Crippen LogP) is 3.08. The van der Waals surface area contributed by atoms with Crippen molar-refractivity contribution < 1.29 is 9.13 Å². The van der Waals surface area contributed by atoms with Gasteiger partial charge in [0.05, 0.1) is 36.8 Å². The Morgan fingerprint density at radius 1 is 1.42 bits per heavy atom. The number of pyridine rings is 2. The molecular weight excluding hydrogens is 333 g/mol. The molecule has 0 amide bonds. The quantitative estimate of drug-likeness (QED) is 0.746. The summed E-state index contributed by atoms with van der Waals surface area (Å²) in [5.74, 6) is -0.459. The summed E-state index contributed by atoms with van der Waals surface area (Å²) in [4.78, 5) is 12.9. The molecule has 136 valence electrons. The van der Waals surface area contributed by atoms with Crippen molar-refractivity contribution in [2.24, 2.45) is 10.7 Å². The van der Waals surface area contributed by atoms with E-state index < -0.39 is 5.82 Å². The first-order valence-corrected chi connectivity index (χ1v) is 8.60. The van der Waals surface area contributed by atoms with E-state index in [-0.39, 0.29) is 11.7 Å². The molecule has 0 atom stereocenters.